The summed E-state index contributed by atoms with van der Waals surface area (Å²) in [5, 5.41) is 0. The molecule has 0 radical (unpaired) electrons. The quantitative estimate of drug-likeness (QED) is 0.0261. The zero-order chi connectivity index (χ0) is 55.7. The van der Waals surface area contributed by atoms with Gasteiger partial charge in [-0.25, -0.2) is 0 Å². The molecule has 0 aromatic carbocycles. The molecule has 0 fully saturated rings. The van der Waals surface area contributed by atoms with Crippen LogP contribution in [0, 0.1) is 0 Å². The Kier molecular flexibility index (Phi) is 60.4. The Bertz CT molecular complexity index is 1650. The number of allylic oxidation sites excluding steroid dienone is 22. The molecular formula is C71H116O6. The first-order chi connectivity index (χ1) is 38.0. The molecule has 0 amide bonds. The van der Waals surface area contributed by atoms with E-state index in [0.29, 0.717) is 19.3 Å². The van der Waals surface area contributed by atoms with Crippen molar-refractivity contribution in [1.82, 2.24) is 0 Å². The Balaban J connectivity index is 4.46. The highest BCUT2D eigenvalue weighted by molar-refractivity contribution is 5.71. The lowest BCUT2D eigenvalue weighted by Crippen LogP contribution is -2.30. The molecule has 0 bridgehead atoms. The summed E-state index contributed by atoms with van der Waals surface area (Å²) in [6.45, 7) is 6.31. The average molecular weight is 1070 g/mol. The van der Waals surface area contributed by atoms with Gasteiger partial charge < -0.3 is 14.2 Å². The summed E-state index contributed by atoms with van der Waals surface area (Å²) >= 11 is 0. The molecule has 1 unspecified atom stereocenters. The lowest BCUT2D eigenvalue weighted by Gasteiger charge is -2.18. The van der Waals surface area contributed by atoms with Crippen LogP contribution in [0.2, 0.25) is 0 Å². The van der Waals surface area contributed by atoms with Crippen LogP contribution in [0.5, 0.6) is 0 Å². The van der Waals surface area contributed by atoms with Crippen molar-refractivity contribution in [3.05, 3.63) is 134 Å². The molecule has 6 nitrogen and oxygen atoms in total. The van der Waals surface area contributed by atoms with E-state index in [9.17, 15) is 14.4 Å². The molecule has 0 rings (SSSR count). The first kappa shape index (κ1) is 72.5. The highest BCUT2D eigenvalue weighted by atomic mass is 16.6. The van der Waals surface area contributed by atoms with Crippen LogP contribution in [0.1, 0.15) is 278 Å². The van der Waals surface area contributed by atoms with Gasteiger partial charge in [0.15, 0.2) is 6.10 Å². The normalized spacial score (nSPS) is 13.0. The van der Waals surface area contributed by atoms with Gasteiger partial charge in [0.2, 0.25) is 0 Å². The zero-order valence-corrected chi connectivity index (χ0v) is 49.9. The minimum Gasteiger partial charge on any atom is -0.462 e. The van der Waals surface area contributed by atoms with Crippen molar-refractivity contribution >= 4 is 17.9 Å². The summed E-state index contributed by atoms with van der Waals surface area (Å²) in [7, 11) is 0. The third-order valence-corrected chi connectivity index (χ3v) is 13.2. The van der Waals surface area contributed by atoms with Crippen molar-refractivity contribution in [2.75, 3.05) is 13.2 Å². The van der Waals surface area contributed by atoms with Crippen molar-refractivity contribution in [2.45, 2.75) is 284 Å². The van der Waals surface area contributed by atoms with Crippen LogP contribution in [-0.2, 0) is 28.6 Å². The van der Waals surface area contributed by atoms with Gasteiger partial charge in [-0.1, -0.05) is 296 Å². The Hall–Kier alpha value is -4.45. The van der Waals surface area contributed by atoms with E-state index in [1.165, 1.54) is 128 Å². The molecule has 1 atom stereocenters. The number of hydrogen-bond acceptors (Lipinski definition) is 6. The Morgan fingerprint density at radius 2 is 0.532 bits per heavy atom. The first-order valence-corrected chi connectivity index (χ1v) is 31.7. The number of carbonyl (C=O) groups is 3. The van der Waals surface area contributed by atoms with Gasteiger partial charge in [0.25, 0.3) is 0 Å². The van der Waals surface area contributed by atoms with Crippen LogP contribution in [0.25, 0.3) is 0 Å². The van der Waals surface area contributed by atoms with E-state index in [1.807, 2.05) is 12.2 Å². The summed E-state index contributed by atoms with van der Waals surface area (Å²) in [6.07, 6.45) is 90.6. The van der Waals surface area contributed by atoms with Gasteiger partial charge >= 0.3 is 17.9 Å². The standard InChI is InChI=1S/C71H116O6/c1-4-7-10-13-16-19-22-25-27-29-31-33-35-37-39-41-43-46-49-52-55-58-61-64-70(73)76-67-68(66-75-69(72)63-60-57-54-51-48-45-24-21-18-15-12-9-6-3)77-71(74)65-62-59-56-53-50-47-44-42-40-38-36-34-32-30-28-26-23-20-17-14-11-8-5-2/h7,9-10,12,16,18-19,21,25,27,31,33,37,39,43,45-46,48,52,54-55,57,68H,4-6,8,11,13-15,17,20,22-24,26,28-30,32,34-36,38,40-42,44,47,49-51,53,56,58-67H2,1-3H3/b10-7-,12-9-,19-16-,21-18-,27-25-,33-31-,39-37-,46-43-,48-45-,55-52-,57-54-. The Labute approximate surface area is 475 Å². The number of hydrogen-bond donors (Lipinski definition) is 0. The second-order valence-electron chi connectivity index (χ2n) is 20.6. The van der Waals surface area contributed by atoms with Crippen LogP contribution in [-0.4, -0.2) is 37.2 Å². The van der Waals surface area contributed by atoms with E-state index in [4.69, 9.17) is 14.2 Å². The summed E-state index contributed by atoms with van der Waals surface area (Å²) in [5.74, 6) is -1.07. The summed E-state index contributed by atoms with van der Waals surface area (Å²) in [6, 6.07) is 0. The van der Waals surface area contributed by atoms with Crippen molar-refractivity contribution < 1.29 is 28.6 Å². The van der Waals surface area contributed by atoms with Gasteiger partial charge in [-0.2, -0.15) is 0 Å². The molecule has 77 heavy (non-hydrogen) atoms. The molecular weight excluding hydrogens is 949 g/mol. The highest BCUT2D eigenvalue weighted by Crippen LogP contribution is 2.16. The van der Waals surface area contributed by atoms with Gasteiger partial charge in [-0.3, -0.25) is 14.4 Å². The Morgan fingerprint density at radius 3 is 0.857 bits per heavy atom. The molecule has 0 aliphatic heterocycles. The smallest absolute Gasteiger partial charge is 0.306 e. The zero-order valence-electron chi connectivity index (χ0n) is 49.9. The first-order valence-electron chi connectivity index (χ1n) is 31.7. The maximum atomic E-state index is 12.9. The van der Waals surface area contributed by atoms with E-state index >= 15 is 0 Å². The van der Waals surface area contributed by atoms with Crippen LogP contribution in [0.15, 0.2) is 134 Å². The van der Waals surface area contributed by atoms with Gasteiger partial charge in [-0.05, 0) is 96.3 Å². The minimum atomic E-state index is -0.835. The van der Waals surface area contributed by atoms with Crippen molar-refractivity contribution in [3.63, 3.8) is 0 Å². The van der Waals surface area contributed by atoms with Gasteiger partial charge in [0.05, 0.1) is 0 Å². The fourth-order valence-electron chi connectivity index (χ4n) is 8.51. The number of carbonyl (C=O) groups excluding carboxylic acids is 3. The molecule has 0 N–H and O–H groups in total. The van der Waals surface area contributed by atoms with Crippen LogP contribution >= 0.6 is 0 Å². The fraction of sp³-hybridized carbons (Fsp3) is 0.648. The Morgan fingerprint density at radius 1 is 0.273 bits per heavy atom. The lowest BCUT2D eigenvalue weighted by molar-refractivity contribution is -0.166. The summed E-state index contributed by atoms with van der Waals surface area (Å²) < 4.78 is 16.8. The third-order valence-electron chi connectivity index (χ3n) is 13.2. The second-order valence-corrected chi connectivity index (χ2v) is 20.6. The van der Waals surface area contributed by atoms with E-state index in [0.717, 1.165) is 96.3 Å². The molecule has 436 valence electrons. The molecule has 0 aliphatic rings. The molecule has 0 saturated heterocycles. The summed E-state index contributed by atoms with van der Waals surface area (Å²) in [5.41, 5.74) is 0. The van der Waals surface area contributed by atoms with Gasteiger partial charge in [-0.15, -0.1) is 0 Å². The maximum absolute atomic E-state index is 12.9. The van der Waals surface area contributed by atoms with E-state index in [-0.39, 0.29) is 44.0 Å². The second kappa shape index (κ2) is 64.1. The predicted molar refractivity (Wildman–Crippen MR) is 334 cm³/mol. The average Bonchev–Trinajstić information content (AvgIpc) is 3.43. The highest BCUT2D eigenvalue weighted by Gasteiger charge is 2.19. The van der Waals surface area contributed by atoms with E-state index in [1.54, 1.807) is 0 Å². The maximum Gasteiger partial charge on any atom is 0.306 e. The molecule has 0 heterocycles. The van der Waals surface area contributed by atoms with Crippen LogP contribution in [0.3, 0.4) is 0 Å². The van der Waals surface area contributed by atoms with Gasteiger partial charge in [0, 0.05) is 19.3 Å². The largest absolute Gasteiger partial charge is 0.462 e. The van der Waals surface area contributed by atoms with Crippen LogP contribution < -0.4 is 0 Å². The number of rotatable bonds is 56. The van der Waals surface area contributed by atoms with Crippen LogP contribution in [0.4, 0.5) is 0 Å². The molecule has 0 aromatic heterocycles. The van der Waals surface area contributed by atoms with Crippen molar-refractivity contribution in [1.29, 1.82) is 0 Å². The SMILES string of the molecule is CC/C=C\C/C=C\C/C=C\C/C=C\C/C=C\C/C=C\C/C=C\CCCC(=O)OCC(COC(=O)CC/C=C\C/C=C\C/C=C\C/C=C\CC)OC(=O)CCCCCCCCCCCCCCCCCCCCCCCCC. The number of unbranched alkanes of at least 4 members (excludes halogenated alkanes) is 23. The van der Waals surface area contributed by atoms with Crippen molar-refractivity contribution in [3.8, 4) is 0 Å². The fourth-order valence-corrected chi connectivity index (χ4v) is 8.51. The molecule has 0 aliphatic carbocycles. The van der Waals surface area contributed by atoms with E-state index in [2.05, 4.69) is 142 Å². The van der Waals surface area contributed by atoms with Crippen molar-refractivity contribution in [2.24, 2.45) is 0 Å². The topological polar surface area (TPSA) is 78.9 Å². The summed E-state index contributed by atoms with van der Waals surface area (Å²) in [4.78, 5) is 38.2. The number of esters is 3. The minimum absolute atomic E-state index is 0.132. The third kappa shape index (κ3) is 62.3. The lowest BCUT2D eigenvalue weighted by atomic mass is 10.0. The number of ether oxygens (including phenoxy) is 3. The molecule has 0 spiro atoms. The molecule has 0 aromatic rings. The predicted octanol–water partition coefficient (Wildman–Crippen LogP) is 21.8. The van der Waals surface area contributed by atoms with Gasteiger partial charge in [0.1, 0.15) is 13.2 Å². The monoisotopic (exact) mass is 1060 g/mol. The molecule has 6 heteroatoms. The molecule has 0 saturated carbocycles. The van der Waals surface area contributed by atoms with E-state index < -0.39 is 6.10 Å².